The first-order valence-corrected chi connectivity index (χ1v) is 15.2. The summed E-state index contributed by atoms with van der Waals surface area (Å²) in [4.78, 5) is 44.9. The summed E-state index contributed by atoms with van der Waals surface area (Å²) in [6, 6.07) is 5.75. The lowest BCUT2D eigenvalue weighted by Gasteiger charge is -2.34. The molecule has 1 aromatic carbocycles. The van der Waals surface area contributed by atoms with Crippen LogP contribution in [0.5, 0.6) is 5.88 Å². The number of nitrogens with zero attached hydrogens (tertiary/aromatic N) is 6. The molecule has 0 atom stereocenters. The van der Waals surface area contributed by atoms with Crippen molar-refractivity contribution >= 4 is 52.3 Å². The molecule has 2 N–H and O–H groups in total. The van der Waals surface area contributed by atoms with Gasteiger partial charge in [0.2, 0.25) is 17.7 Å². The predicted octanol–water partition coefficient (Wildman–Crippen LogP) is 4.92. The van der Waals surface area contributed by atoms with Crippen LogP contribution in [0, 0.1) is 6.92 Å². The van der Waals surface area contributed by atoms with Crippen LogP contribution < -0.4 is 25.2 Å². The van der Waals surface area contributed by atoms with Crippen LogP contribution >= 0.6 is 11.6 Å². The minimum atomic E-state index is -0.653. The maximum Gasteiger partial charge on any atom is 0.415 e. The first-order chi connectivity index (χ1) is 21.0. The zero-order chi connectivity index (χ0) is 31.0. The highest BCUT2D eigenvalue weighted by Gasteiger charge is 2.33. The van der Waals surface area contributed by atoms with Crippen LogP contribution in [0.3, 0.4) is 0 Å². The van der Waals surface area contributed by atoms with Gasteiger partial charge in [0.1, 0.15) is 17.9 Å². The summed E-state index contributed by atoms with van der Waals surface area (Å²) in [6.07, 6.45) is 4.91. The largest absolute Gasteiger partial charge is 0.474 e. The number of fused-ring (bicyclic) bond motifs is 2. The van der Waals surface area contributed by atoms with Crippen molar-refractivity contribution in [1.82, 2.24) is 19.9 Å². The number of halogens is 1. The molecule has 13 heteroatoms. The number of rotatable bonds is 6. The third kappa shape index (κ3) is 6.51. The van der Waals surface area contributed by atoms with Gasteiger partial charge < -0.3 is 25.0 Å². The van der Waals surface area contributed by atoms with Crippen LogP contribution in [0.2, 0.25) is 5.02 Å². The lowest BCUT2D eigenvalue weighted by Crippen LogP contribution is -2.42. The van der Waals surface area contributed by atoms with E-state index in [2.05, 4.69) is 30.4 Å². The summed E-state index contributed by atoms with van der Waals surface area (Å²) in [5.41, 5.74) is 4.92. The SMILES string of the molecule is Cc1cc(Nc2ncc3c(n2)CN(c2cnc4c(c2Cl)N(C(=O)OC(C)(C)C)CCO4)CC3)ccc1NC(=O)CN1CCC1. The number of carbonyl (C=O) groups excluding carboxylic acids is 2. The number of aryl methyl sites for hydroxylation is 1. The summed E-state index contributed by atoms with van der Waals surface area (Å²) in [6.45, 7) is 11.6. The van der Waals surface area contributed by atoms with Gasteiger partial charge in [-0.15, -0.1) is 0 Å². The average molecular weight is 621 g/mol. The summed E-state index contributed by atoms with van der Waals surface area (Å²) >= 11 is 6.95. The Balaban J connectivity index is 1.16. The number of ether oxygens (including phenoxy) is 2. The number of carbonyl (C=O) groups is 2. The van der Waals surface area contributed by atoms with Gasteiger partial charge in [0.05, 0.1) is 42.2 Å². The molecule has 0 radical (unpaired) electrons. The molecular weight excluding hydrogens is 584 g/mol. The average Bonchev–Trinajstić information content (AvgIpc) is 2.95. The van der Waals surface area contributed by atoms with Crippen molar-refractivity contribution < 1.29 is 19.1 Å². The van der Waals surface area contributed by atoms with E-state index in [4.69, 9.17) is 26.1 Å². The van der Waals surface area contributed by atoms with Crippen molar-refractivity contribution in [3.63, 3.8) is 0 Å². The van der Waals surface area contributed by atoms with Gasteiger partial charge in [-0.1, -0.05) is 11.6 Å². The minimum Gasteiger partial charge on any atom is -0.474 e. The van der Waals surface area contributed by atoms with Gasteiger partial charge in [0.15, 0.2) is 0 Å². The number of aromatic nitrogens is 3. The molecule has 5 heterocycles. The highest BCUT2D eigenvalue weighted by molar-refractivity contribution is 6.36. The Morgan fingerprint density at radius 3 is 2.66 bits per heavy atom. The topological polar surface area (TPSA) is 125 Å². The summed E-state index contributed by atoms with van der Waals surface area (Å²) in [7, 11) is 0. The quantitative estimate of drug-likeness (QED) is 0.392. The van der Waals surface area contributed by atoms with Crippen LogP contribution in [0.4, 0.5) is 33.5 Å². The predicted molar refractivity (Wildman–Crippen MR) is 169 cm³/mol. The second-order valence-corrected chi connectivity index (χ2v) is 12.6. The molecule has 0 aliphatic carbocycles. The Bertz CT molecular complexity index is 1590. The molecule has 1 fully saturated rings. The zero-order valence-corrected chi connectivity index (χ0v) is 26.2. The van der Waals surface area contributed by atoms with Crippen molar-refractivity contribution in [3.8, 4) is 5.88 Å². The van der Waals surface area contributed by atoms with Crippen molar-refractivity contribution in [2.75, 3.05) is 59.8 Å². The molecule has 3 aliphatic heterocycles. The highest BCUT2D eigenvalue weighted by Crippen LogP contribution is 2.43. The Labute approximate surface area is 261 Å². The monoisotopic (exact) mass is 620 g/mol. The Morgan fingerprint density at radius 2 is 1.93 bits per heavy atom. The zero-order valence-electron chi connectivity index (χ0n) is 25.4. The van der Waals surface area contributed by atoms with Crippen molar-refractivity contribution in [2.45, 2.75) is 52.7 Å². The van der Waals surface area contributed by atoms with Gasteiger partial charge in [-0.2, -0.15) is 0 Å². The van der Waals surface area contributed by atoms with E-state index in [0.29, 0.717) is 61.0 Å². The van der Waals surface area contributed by atoms with Gasteiger partial charge in [0.25, 0.3) is 0 Å². The van der Waals surface area contributed by atoms with Gasteiger partial charge >= 0.3 is 6.09 Å². The van der Waals surface area contributed by atoms with E-state index in [1.807, 2.05) is 52.1 Å². The number of anilines is 5. The third-order valence-electron chi connectivity index (χ3n) is 7.74. The van der Waals surface area contributed by atoms with Crippen LogP contribution in [0.1, 0.15) is 44.0 Å². The number of nitrogens with one attached hydrogen (secondary N) is 2. The fraction of sp³-hybridized carbons (Fsp3) is 0.452. The molecule has 2 aromatic heterocycles. The smallest absolute Gasteiger partial charge is 0.415 e. The molecule has 0 saturated carbocycles. The van der Waals surface area contributed by atoms with Crippen LogP contribution in [0.25, 0.3) is 0 Å². The Kier molecular flexibility index (Phi) is 8.21. The van der Waals surface area contributed by atoms with E-state index in [9.17, 15) is 9.59 Å². The minimum absolute atomic E-state index is 0.00427. The molecule has 44 heavy (non-hydrogen) atoms. The van der Waals surface area contributed by atoms with Crippen molar-refractivity contribution in [1.29, 1.82) is 0 Å². The van der Waals surface area contributed by atoms with E-state index in [1.165, 1.54) is 4.90 Å². The van der Waals surface area contributed by atoms with E-state index < -0.39 is 11.7 Å². The lowest BCUT2D eigenvalue weighted by molar-refractivity contribution is -0.118. The van der Waals surface area contributed by atoms with Crippen molar-refractivity contribution in [2.24, 2.45) is 0 Å². The molecule has 12 nitrogen and oxygen atoms in total. The molecule has 0 spiro atoms. The summed E-state index contributed by atoms with van der Waals surface area (Å²) < 4.78 is 11.3. The molecule has 232 valence electrons. The van der Waals surface area contributed by atoms with Gasteiger partial charge in [-0.05, 0) is 83.0 Å². The van der Waals surface area contributed by atoms with E-state index in [-0.39, 0.29) is 5.91 Å². The Hall–Kier alpha value is -4.16. The first-order valence-electron chi connectivity index (χ1n) is 14.9. The van der Waals surface area contributed by atoms with Gasteiger partial charge in [-0.25, -0.2) is 19.7 Å². The second-order valence-electron chi connectivity index (χ2n) is 12.3. The Morgan fingerprint density at radius 1 is 1.11 bits per heavy atom. The third-order valence-corrected chi connectivity index (χ3v) is 8.11. The number of likely N-dealkylation sites (tertiary alicyclic amines) is 1. The highest BCUT2D eigenvalue weighted by atomic mass is 35.5. The molecule has 3 aromatic rings. The molecule has 0 unspecified atom stereocenters. The lowest BCUT2D eigenvalue weighted by atomic mass is 10.1. The fourth-order valence-corrected chi connectivity index (χ4v) is 5.72. The standard InChI is InChI=1S/C31H37ClN8O4/c1-19-14-21(6-7-22(19)36-25(41)18-38-9-5-10-38)35-29-34-15-20-8-11-39(17-23(20)37-29)24-16-33-28-27(26(24)32)40(12-13-43-28)30(42)44-31(2,3)4/h6-7,14-16H,5,8-13,17-18H2,1-4H3,(H,36,41)(H,34,35,37). The first kappa shape index (κ1) is 29.9. The molecule has 0 bridgehead atoms. The molecule has 1 saturated heterocycles. The van der Waals surface area contributed by atoms with E-state index >= 15 is 0 Å². The maximum absolute atomic E-state index is 13.0. The number of hydrogen-bond donors (Lipinski definition) is 2. The molecular formula is C31H37ClN8O4. The number of pyridine rings is 1. The number of hydrogen-bond acceptors (Lipinski definition) is 10. The normalized spacial score (nSPS) is 16.3. The van der Waals surface area contributed by atoms with E-state index in [0.717, 1.165) is 54.1 Å². The maximum atomic E-state index is 13.0. The number of benzene rings is 1. The fourth-order valence-electron chi connectivity index (χ4n) is 5.37. The number of amides is 2. The van der Waals surface area contributed by atoms with Gasteiger partial charge in [-0.3, -0.25) is 14.6 Å². The van der Waals surface area contributed by atoms with Crippen molar-refractivity contribution in [3.05, 3.63) is 52.4 Å². The van der Waals surface area contributed by atoms with Crippen LogP contribution in [0.15, 0.2) is 30.6 Å². The van der Waals surface area contributed by atoms with Crippen LogP contribution in [-0.4, -0.2) is 76.8 Å². The van der Waals surface area contributed by atoms with Gasteiger partial charge in [0, 0.05) is 24.1 Å². The second kappa shape index (κ2) is 12.1. The molecule has 2 amide bonds. The molecule has 3 aliphatic rings. The van der Waals surface area contributed by atoms with E-state index in [1.54, 1.807) is 6.20 Å². The summed E-state index contributed by atoms with van der Waals surface area (Å²) in [5, 5.41) is 6.68. The van der Waals surface area contributed by atoms with Crippen LogP contribution in [-0.2, 0) is 22.5 Å². The molecule has 6 rings (SSSR count). The summed E-state index contributed by atoms with van der Waals surface area (Å²) in [5.74, 6) is 0.772.